The number of hydrogen-bond donors (Lipinski definition) is 1. The zero-order valence-corrected chi connectivity index (χ0v) is 12.9. The molecule has 1 aromatic heterocycles. The Balaban J connectivity index is 2.11. The lowest BCUT2D eigenvalue weighted by atomic mass is 10.1. The molecule has 1 aliphatic rings. The Labute approximate surface area is 121 Å². The molecule has 1 aromatic rings. The molecule has 0 saturated carbocycles. The van der Waals surface area contributed by atoms with Gasteiger partial charge in [-0.3, -0.25) is 9.69 Å². The van der Waals surface area contributed by atoms with Gasteiger partial charge in [-0.15, -0.1) is 0 Å². The third-order valence-electron chi connectivity index (χ3n) is 4.38. The first-order chi connectivity index (χ1) is 9.58. The summed E-state index contributed by atoms with van der Waals surface area (Å²) in [5.74, 6) is 0.181. The highest BCUT2D eigenvalue weighted by Crippen LogP contribution is 2.20. The number of likely N-dealkylation sites (tertiary alicyclic amines) is 1. The van der Waals surface area contributed by atoms with Crippen LogP contribution in [0.3, 0.4) is 0 Å². The molecule has 0 aromatic carbocycles. The predicted molar refractivity (Wildman–Crippen MR) is 80.2 cm³/mol. The van der Waals surface area contributed by atoms with Crippen molar-refractivity contribution in [3.05, 3.63) is 23.0 Å². The Kier molecular flexibility index (Phi) is 5.00. The van der Waals surface area contributed by atoms with Gasteiger partial charge in [0.1, 0.15) is 0 Å². The van der Waals surface area contributed by atoms with Crippen molar-refractivity contribution in [3.8, 4) is 0 Å². The molecule has 2 heterocycles. The SMILES string of the molecule is CCCn1c(C)cc(C(=O)CN2CCCC2CO)c1C. The van der Waals surface area contributed by atoms with Gasteiger partial charge < -0.3 is 9.67 Å². The summed E-state index contributed by atoms with van der Waals surface area (Å²) in [6.45, 7) is 8.72. The Morgan fingerprint density at radius 3 is 2.85 bits per heavy atom. The van der Waals surface area contributed by atoms with Crippen molar-refractivity contribution in [1.82, 2.24) is 9.47 Å². The lowest BCUT2D eigenvalue weighted by Gasteiger charge is -2.21. The third kappa shape index (κ3) is 2.96. The highest BCUT2D eigenvalue weighted by molar-refractivity contribution is 5.99. The zero-order chi connectivity index (χ0) is 14.7. The maximum absolute atomic E-state index is 12.5. The minimum atomic E-state index is 0.155. The first-order valence-electron chi connectivity index (χ1n) is 7.63. The summed E-state index contributed by atoms with van der Waals surface area (Å²) >= 11 is 0. The van der Waals surface area contributed by atoms with Crippen LogP contribution in [0.25, 0.3) is 0 Å². The Morgan fingerprint density at radius 2 is 2.20 bits per heavy atom. The first kappa shape index (κ1) is 15.3. The van der Waals surface area contributed by atoms with E-state index in [4.69, 9.17) is 0 Å². The van der Waals surface area contributed by atoms with Crippen LogP contribution in [0.2, 0.25) is 0 Å². The average molecular weight is 278 g/mol. The average Bonchev–Trinajstić information content (AvgIpc) is 2.98. The summed E-state index contributed by atoms with van der Waals surface area (Å²) < 4.78 is 2.22. The van der Waals surface area contributed by atoms with E-state index in [2.05, 4.69) is 23.3 Å². The lowest BCUT2D eigenvalue weighted by Crippen LogP contribution is -2.36. The van der Waals surface area contributed by atoms with E-state index in [1.165, 1.54) is 0 Å². The van der Waals surface area contributed by atoms with E-state index >= 15 is 0 Å². The summed E-state index contributed by atoms with van der Waals surface area (Å²) in [7, 11) is 0. The number of aliphatic hydroxyl groups is 1. The van der Waals surface area contributed by atoms with Gasteiger partial charge in [-0.1, -0.05) is 6.92 Å². The van der Waals surface area contributed by atoms with E-state index < -0.39 is 0 Å². The molecular weight excluding hydrogens is 252 g/mol. The van der Waals surface area contributed by atoms with Crippen LogP contribution in [-0.4, -0.2) is 46.1 Å². The minimum absolute atomic E-state index is 0.155. The molecule has 20 heavy (non-hydrogen) atoms. The molecule has 4 nitrogen and oxygen atoms in total. The van der Waals surface area contributed by atoms with E-state index in [1.807, 2.05) is 13.0 Å². The number of hydrogen-bond acceptors (Lipinski definition) is 3. The van der Waals surface area contributed by atoms with Crippen LogP contribution in [0.5, 0.6) is 0 Å². The van der Waals surface area contributed by atoms with Crippen molar-refractivity contribution >= 4 is 5.78 Å². The van der Waals surface area contributed by atoms with E-state index in [0.29, 0.717) is 6.54 Å². The molecular formula is C16H26N2O2. The quantitative estimate of drug-likeness (QED) is 0.811. The van der Waals surface area contributed by atoms with Gasteiger partial charge in [0.2, 0.25) is 0 Å². The number of aromatic nitrogens is 1. The predicted octanol–water partition coefficient (Wildman–Crippen LogP) is 2.15. The molecule has 0 bridgehead atoms. The van der Waals surface area contributed by atoms with Crippen LogP contribution in [0, 0.1) is 13.8 Å². The van der Waals surface area contributed by atoms with Gasteiger partial charge in [-0.2, -0.15) is 0 Å². The van der Waals surface area contributed by atoms with Gasteiger partial charge in [-0.05, 0) is 45.7 Å². The molecule has 1 aliphatic heterocycles. The summed E-state index contributed by atoms with van der Waals surface area (Å²) in [4.78, 5) is 14.6. The van der Waals surface area contributed by atoms with Crippen molar-refractivity contribution in [1.29, 1.82) is 0 Å². The molecule has 4 heteroatoms. The highest BCUT2D eigenvalue weighted by Gasteiger charge is 2.27. The number of carbonyl (C=O) groups is 1. The second-order valence-electron chi connectivity index (χ2n) is 5.81. The van der Waals surface area contributed by atoms with Crippen molar-refractivity contribution in [2.24, 2.45) is 0 Å². The van der Waals surface area contributed by atoms with Gasteiger partial charge in [0.25, 0.3) is 0 Å². The van der Waals surface area contributed by atoms with Gasteiger partial charge in [0.05, 0.1) is 13.2 Å². The number of ketones is 1. The Hall–Kier alpha value is -1.13. The van der Waals surface area contributed by atoms with Gasteiger partial charge >= 0.3 is 0 Å². The van der Waals surface area contributed by atoms with Crippen LogP contribution in [0.1, 0.15) is 47.9 Å². The van der Waals surface area contributed by atoms with Crippen LogP contribution in [0.4, 0.5) is 0 Å². The monoisotopic (exact) mass is 278 g/mol. The second kappa shape index (κ2) is 6.55. The molecule has 112 valence electrons. The maximum Gasteiger partial charge on any atom is 0.178 e. The molecule has 1 atom stereocenters. The molecule has 2 rings (SSSR count). The smallest absolute Gasteiger partial charge is 0.178 e. The van der Waals surface area contributed by atoms with Crippen LogP contribution >= 0.6 is 0 Å². The van der Waals surface area contributed by atoms with Crippen LogP contribution in [0.15, 0.2) is 6.07 Å². The van der Waals surface area contributed by atoms with E-state index in [0.717, 1.165) is 49.3 Å². The van der Waals surface area contributed by atoms with E-state index in [-0.39, 0.29) is 18.4 Å². The normalized spacial score (nSPS) is 19.7. The molecule has 0 aliphatic carbocycles. The van der Waals surface area contributed by atoms with Gasteiger partial charge in [0.15, 0.2) is 5.78 Å². The number of aliphatic hydroxyl groups excluding tert-OH is 1. The number of nitrogens with zero attached hydrogens (tertiary/aromatic N) is 2. The van der Waals surface area contributed by atoms with Crippen molar-refractivity contribution < 1.29 is 9.90 Å². The second-order valence-corrected chi connectivity index (χ2v) is 5.81. The molecule has 1 N–H and O–H groups in total. The topological polar surface area (TPSA) is 45.5 Å². The lowest BCUT2D eigenvalue weighted by molar-refractivity contribution is 0.0887. The Morgan fingerprint density at radius 1 is 1.45 bits per heavy atom. The fourth-order valence-corrected chi connectivity index (χ4v) is 3.23. The molecule has 0 spiro atoms. The fraction of sp³-hybridized carbons (Fsp3) is 0.688. The Bertz CT molecular complexity index is 479. The van der Waals surface area contributed by atoms with E-state index in [9.17, 15) is 9.90 Å². The van der Waals surface area contributed by atoms with Gasteiger partial charge in [-0.25, -0.2) is 0 Å². The molecule has 1 saturated heterocycles. The van der Waals surface area contributed by atoms with Crippen molar-refractivity contribution in [2.45, 2.75) is 52.6 Å². The largest absolute Gasteiger partial charge is 0.395 e. The highest BCUT2D eigenvalue weighted by atomic mass is 16.3. The molecule has 0 radical (unpaired) electrons. The zero-order valence-electron chi connectivity index (χ0n) is 12.9. The van der Waals surface area contributed by atoms with Crippen molar-refractivity contribution in [2.75, 3.05) is 19.7 Å². The fourth-order valence-electron chi connectivity index (χ4n) is 3.23. The third-order valence-corrected chi connectivity index (χ3v) is 4.38. The number of aryl methyl sites for hydroxylation is 1. The number of carbonyl (C=O) groups excluding carboxylic acids is 1. The van der Waals surface area contributed by atoms with Gasteiger partial charge in [0, 0.05) is 29.5 Å². The molecule has 0 amide bonds. The summed E-state index contributed by atoms with van der Waals surface area (Å²) in [5.41, 5.74) is 3.08. The first-order valence-corrected chi connectivity index (χ1v) is 7.63. The number of rotatable bonds is 6. The molecule has 1 unspecified atom stereocenters. The summed E-state index contributed by atoms with van der Waals surface area (Å²) in [6, 6.07) is 2.18. The minimum Gasteiger partial charge on any atom is -0.395 e. The summed E-state index contributed by atoms with van der Waals surface area (Å²) in [5, 5.41) is 9.34. The van der Waals surface area contributed by atoms with E-state index in [1.54, 1.807) is 0 Å². The van der Waals surface area contributed by atoms with Crippen molar-refractivity contribution in [3.63, 3.8) is 0 Å². The standard InChI is InChI=1S/C16H26N2O2/c1-4-7-18-12(2)9-15(13(18)3)16(20)10-17-8-5-6-14(17)11-19/h9,14,19H,4-8,10-11H2,1-3H3. The molecule has 1 fully saturated rings. The van der Waals surface area contributed by atoms with Crippen LogP contribution < -0.4 is 0 Å². The maximum atomic E-state index is 12.5. The summed E-state index contributed by atoms with van der Waals surface area (Å²) in [6.07, 6.45) is 3.15. The number of Topliss-reactive ketones (excluding diaryl/α,β-unsaturated/α-hetero) is 1. The van der Waals surface area contributed by atoms with Crippen LogP contribution in [-0.2, 0) is 6.54 Å².